The largest absolute Gasteiger partial charge is 0.487 e. The van der Waals surface area contributed by atoms with E-state index in [0.717, 1.165) is 48.0 Å². The van der Waals surface area contributed by atoms with Crippen LogP contribution in [0, 0.1) is 25.5 Å². The van der Waals surface area contributed by atoms with Crippen molar-refractivity contribution >= 4 is 39.6 Å². The van der Waals surface area contributed by atoms with E-state index in [4.69, 9.17) is 32.9 Å². The average Bonchev–Trinajstić information content (AvgIpc) is 3.84. The van der Waals surface area contributed by atoms with Gasteiger partial charge in [-0.05, 0) is 119 Å². The summed E-state index contributed by atoms with van der Waals surface area (Å²) in [4.78, 5) is 12.2. The van der Waals surface area contributed by atoms with Gasteiger partial charge >= 0.3 is 0 Å². The Bertz CT molecular complexity index is 1790. The van der Waals surface area contributed by atoms with Crippen LogP contribution in [0.3, 0.4) is 0 Å². The molecule has 1 saturated carbocycles. The smallest absolute Gasteiger partial charge is 0.223 e. The molecule has 3 heterocycles. The highest BCUT2D eigenvalue weighted by atomic mass is 32.1. The molecular weight excluding hydrogens is 620 g/mol. The molecule has 1 saturated heterocycles. The van der Waals surface area contributed by atoms with E-state index in [-0.39, 0.29) is 14.0 Å². The number of likely N-dealkylation sites (tertiary alicyclic amines) is 1. The fourth-order valence-electron chi connectivity index (χ4n) is 6.19. The standard InChI is InChI=1S/C23H27F2N5.C12H12OS.CH4O2.2H2/c1-4-14-11-16(20-13(2)19(26)6-5-18(20)24)21(25)17-12-27-23(29-22(14)17)28-15-7-9-30(3)10-8-15;1-7-4-9(8-2-3-8)5-10-11(14)6-13-12(7)10;2-1-3;;/h5-6,11-12,15H,4,7-10,26H2,1-3H3,(H,27,28,29);4-5,8H,2-3,6H2,1H3;2-3H,1H2;2*1H. The molecule has 5 N–H and O–H groups in total. The highest BCUT2D eigenvalue weighted by Gasteiger charge is 2.28. The minimum atomic E-state index is -0.750. The highest BCUT2D eigenvalue weighted by molar-refractivity contribution is 7.81. The van der Waals surface area contributed by atoms with Gasteiger partial charge in [0.05, 0.1) is 15.8 Å². The summed E-state index contributed by atoms with van der Waals surface area (Å²) in [5.41, 5.74) is 12.6. The zero-order chi connectivity index (χ0) is 33.8. The summed E-state index contributed by atoms with van der Waals surface area (Å²) in [5.74, 6) is 1.29. The van der Waals surface area contributed by atoms with Gasteiger partial charge in [0.25, 0.3) is 0 Å². The molecule has 3 aromatic carbocycles. The monoisotopic (exact) mass is 667 g/mol. The number of aliphatic hydroxyl groups excluding tert-OH is 1. The molecule has 11 heteroatoms. The molecule has 254 valence electrons. The zero-order valence-corrected chi connectivity index (χ0v) is 28.2. The summed E-state index contributed by atoms with van der Waals surface area (Å²) in [6.07, 6.45) is 6.84. The normalized spacial score (nSPS) is 16.1. The topological polar surface area (TPSA) is 117 Å². The van der Waals surface area contributed by atoms with Gasteiger partial charge in [-0.2, -0.15) is 0 Å². The Balaban J connectivity index is 0.000000285. The van der Waals surface area contributed by atoms with Crippen LogP contribution in [0.15, 0.2) is 36.5 Å². The van der Waals surface area contributed by atoms with E-state index in [1.807, 2.05) is 6.92 Å². The Morgan fingerprint density at radius 1 is 1.09 bits per heavy atom. The van der Waals surface area contributed by atoms with Crippen molar-refractivity contribution in [3.05, 3.63) is 76.0 Å². The number of nitrogen functional groups attached to an aromatic ring is 1. The first kappa shape index (κ1) is 34.6. The van der Waals surface area contributed by atoms with Gasteiger partial charge in [0, 0.05) is 37.5 Å². The number of hydrogen-bond acceptors (Lipinski definition) is 9. The van der Waals surface area contributed by atoms with E-state index in [0.29, 0.717) is 47.2 Å². The lowest BCUT2D eigenvalue weighted by molar-refractivity contribution is 0.0773. The SMILES string of the molecule is CCc1cc(-c2c(F)ccc(N)c2C)c(F)c2cnc(NC3CCN(C)CC3)nc12.Cc1cc(C2CC2)cc2c1OCC2=S.OCO.[HH].[HH]. The van der Waals surface area contributed by atoms with Crippen molar-refractivity contribution in [3.8, 4) is 16.9 Å². The first-order valence-electron chi connectivity index (χ1n) is 16.1. The molecular formula is C36H47F2N5O3S. The molecule has 0 radical (unpaired) electrons. The number of piperidine rings is 1. The zero-order valence-electron chi connectivity index (χ0n) is 27.4. The summed E-state index contributed by atoms with van der Waals surface area (Å²) in [7, 11) is 2.11. The molecule has 7 rings (SSSR count). The van der Waals surface area contributed by atoms with E-state index < -0.39 is 18.4 Å². The number of aryl methyl sites for hydroxylation is 2. The van der Waals surface area contributed by atoms with Crippen molar-refractivity contribution in [2.45, 2.75) is 64.8 Å². The van der Waals surface area contributed by atoms with E-state index in [9.17, 15) is 4.39 Å². The number of rotatable bonds is 5. The number of benzene rings is 3. The van der Waals surface area contributed by atoms with Crippen LogP contribution in [0.5, 0.6) is 5.75 Å². The first-order valence-corrected chi connectivity index (χ1v) is 16.5. The molecule has 4 aromatic rings. The van der Waals surface area contributed by atoms with Crippen molar-refractivity contribution in [2.75, 3.05) is 44.6 Å². The summed E-state index contributed by atoms with van der Waals surface area (Å²) >= 11 is 5.28. The van der Waals surface area contributed by atoms with Gasteiger partial charge < -0.3 is 30.9 Å². The lowest BCUT2D eigenvalue weighted by Crippen LogP contribution is -2.37. The molecule has 1 aromatic heterocycles. The molecule has 3 aliphatic rings. The molecule has 1 aliphatic carbocycles. The van der Waals surface area contributed by atoms with Gasteiger partial charge in [-0.1, -0.05) is 25.2 Å². The molecule has 0 amide bonds. The van der Waals surface area contributed by atoms with Crippen molar-refractivity contribution in [2.24, 2.45) is 0 Å². The van der Waals surface area contributed by atoms with E-state index in [1.54, 1.807) is 13.0 Å². The van der Waals surface area contributed by atoms with Crippen LogP contribution in [-0.2, 0) is 6.42 Å². The van der Waals surface area contributed by atoms with Crippen LogP contribution in [0.4, 0.5) is 20.4 Å². The number of hydrogen-bond donors (Lipinski definition) is 4. The van der Waals surface area contributed by atoms with Crippen LogP contribution in [0.2, 0.25) is 0 Å². The molecule has 0 spiro atoms. The Hall–Kier alpha value is -3.77. The number of nitrogens with one attached hydrogen (secondary N) is 1. The third-order valence-electron chi connectivity index (χ3n) is 9.04. The Labute approximate surface area is 283 Å². The lowest BCUT2D eigenvalue weighted by Gasteiger charge is -2.29. The fraction of sp³-hybridized carbons (Fsp3) is 0.417. The quantitative estimate of drug-likeness (QED) is 0.102. The number of halogens is 2. The highest BCUT2D eigenvalue weighted by Crippen LogP contribution is 2.43. The molecule has 8 nitrogen and oxygen atoms in total. The number of anilines is 2. The second-order valence-electron chi connectivity index (χ2n) is 12.4. The molecule has 47 heavy (non-hydrogen) atoms. The number of thiocarbonyl (C=S) groups is 1. The predicted molar refractivity (Wildman–Crippen MR) is 191 cm³/mol. The summed E-state index contributed by atoms with van der Waals surface area (Å²) < 4.78 is 35.7. The number of ether oxygens (including phenoxy) is 1. The van der Waals surface area contributed by atoms with Crippen LogP contribution in [0.1, 0.15) is 69.2 Å². The molecule has 0 atom stereocenters. The maximum atomic E-state index is 15.5. The van der Waals surface area contributed by atoms with Crippen molar-refractivity contribution in [1.82, 2.24) is 14.9 Å². The van der Waals surface area contributed by atoms with Crippen molar-refractivity contribution in [3.63, 3.8) is 0 Å². The van der Waals surface area contributed by atoms with Gasteiger partial charge in [-0.25, -0.2) is 18.7 Å². The van der Waals surface area contributed by atoms with Crippen LogP contribution in [-0.4, -0.2) is 69.5 Å². The number of nitrogens with two attached hydrogens (primary N) is 1. The molecule has 2 aliphatic heterocycles. The van der Waals surface area contributed by atoms with Gasteiger partial charge in [0.15, 0.2) is 0 Å². The second kappa shape index (κ2) is 15.0. The summed E-state index contributed by atoms with van der Waals surface area (Å²) in [6.45, 7) is 7.68. The van der Waals surface area contributed by atoms with Gasteiger partial charge in [0.1, 0.15) is 30.8 Å². The molecule has 2 fully saturated rings. The molecule has 0 unspecified atom stereocenters. The van der Waals surface area contributed by atoms with Crippen molar-refractivity contribution < 1.29 is 26.6 Å². The second-order valence-corrected chi connectivity index (χ2v) is 12.9. The number of aliphatic hydroxyl groups is 2. The van der Waals surface area contributed by atoms with E-state index in [2.05, 4.69) is 46.3 Å². The number of aromatic nitrogens is 2. The predicted octanol–water partition coefficient (Wildman–Crippen LogP) is 6.94. The Morgan fingerprint density at radius 3 is 2.45 bits per heavy atom. The summed E-state index contributed by atoms with van der Waals surface area (Å²) in [5, 5.41) is 17.9. The minimum Gasteiger partial charge on any atom is -0.487 e. The third-order valence-corrected chi connectivity index (χ3v) is 9.37. The molecule has 0 bridgehead atoms. The maximum Gasteiger partial charge on any atom is 0.223 e. The summed E-state index contributed by atoms with van der Waals surface area (Å²) in [6, 6.07) is 9.25. The van der Waals surface area contributed by atoms with Crippen LogP contribution in [0.25, 0.3) is 22.0 Å². The van der Waals surface area contributed by atoms with Crippen molar-refractivity contribution in [1.29, 1.82) is 0 Å². The Kier molecular flexibility index (Phi) is 11.0. The average molecular weight is 668 g/mol. The van der Waals surface area contributed by atoms with Gasteiger partial charge in [-0.15, -0.1) is 0 Å². The minimum absolute atomic E-state index is 0. The first-order chi connectivity index (χ1) is 22.6. The Morgan fingerprint density at radius 2 is 1.79 bits per heavy atom. The van der Waals surface area contributed by atoms with Gasteiger partial charge in [-0.3, -0.25) is 0 Å². The maximum absolute atomic E-state index is 15.5. The number of nitrogens with zero attached hydrogens (tertiary/aromatic N) is 3. The van der Waals surface area contributed by atoms with Crippen LogP contribution >= 0.6 is 12.2 Å². The van der Waals surface area contributed by atoms with E-state index in [1.165, 1.54) is 47.9 Å². The number of fused-ring (bicyclic) bond motifs is 2. The fourth-order valence-corrected chi connectivity index (χ4v) is 6.40. The van der Waals surface area contributed by atoms with E-state index >= 15 is 4.39 Å². The third kappa shape index (κ3) is 7.70. The van der Waals surface area contributed by atoms with Gasteiger partial charge in [0.2, 0.25) is 5.95 Å². The lowest BCUT2D eigenvalue weighted by atomic mass is 9.94. The van der Waals surface area contributed by atoms with Crippen LogP contribution < -0.4 is 15.8 Å².